The minimum absolute atomic E-state index is 0.0860. The van der Waals surface area contributed by atoms with E-state index in [0.29, 0.717) is 17.9 Å². The zero-order chi connectivity index (χ0) is 26.0. The van der Waals surface area contributed by atoms with Gasteiger partial charge >= 0.3 is 0 Å². The number of anilines is 2. The molecule has 4 rings (SSSR count). The van der Waals surface area contributed by atoms with E-state index in [1.54, 1.807) is 60.7 Å². The normalized spacial score (nSPS) is 10.4. The first kappa shape index (κ1) is 25.1. The number of phenolic OH excluding ortho intramolecular Hbond substituents is 2. The maximum atomic E-state index is 12.2. The van der Waals surface area contributed by atoms with Crippen LogP contribution < -0.4 is 20.1 Å². The van der Waals surface area contributed by atoms with Gasteiger partial charge in [-0.3, -0.25) is 9.59 Å². The van der Waals surface area contributed by atoms with Gasteiger partial charge in [-0.25, -0.2) is 0 Å². The fourth-order valence-corrected chi connectivity index (χ4v) is 3.53. The van der Waals surface area contributed by atoms with Gasteiger partial charge in [-0.1, -0.05) is 48.5 Å². The Kier molecular flexibility index (Phi) is 8.23. The molecule has 0 aromatic heterocycles. The molecule has 4 aromatic carbocycles. The molecule has 0 aliphatic rings. The van der Waals surface area contributed by atoms with Crippen molar-refractivity contribution in [1.82, 2.24) is 0 Å². The van der Waals surface area contributed by atoms with Crippen LogP contribution in [0.25, 0.3) is 0 Å². The summed E-state index contributed by atoms with van der Waals surface area (Å²) in [5.41, 5.74) is 2.07. The number of amides is 2. The van der Waals surface area contributed by atoms with Gasteiger partial charge in [0.15, 0.2) is 13.2 Å². The standard InChI is InChI=1S/C29H26N2O6/c32-26-16-20(11-13-24(26)30-28(34)18-36-22-7-3-1-4-8-22)15-21-12-14-25(27(33)17-21)31-29(35)19-37-23-9-5-2-6-10-23/h1-14,16-17,32-33H,15,18-19H2,(H,30,34)(H,31,35). The summed E-state index contributed by atoms with van der Waals surface area (Å²) in [4.78, 5) is 24.3. The first-order valence-electron chi connectivity index (χ1n) is 11.6. The molecule has 0 saturated heterocycles. The molecule has 8 nitrogen and oxygen atoms in total. The van der Waals surface area contributed by atoms with Crippen molar-refractivity contribution in [2.24, 2.45) is 0 Å². The lowest BCUT2D eigenvalue weighted by atomic mass is 10.0. The van der Waals surface area contributed by atoms with Crippen LogP contribution in [0.5, 0.6) is 23.0 Å². The average molecular weight is 499 g/mol. The number of para-hydroxylation sites is 2. The van der Waals surface area contributed by atoms with Crippen molar-refractivity contribution < 1.29 is 29.3 Å². The second kappa shape index (κ2) is 12.1. The summed E-state index contributed by atoms with van der Waals surface area (Å²) in [5.74, 6) is 0.180. The van der Waals surface area contributed by atoms with Crippen molar-refractivity contribution >= 4 is 23.2 Å². The molecule has 0 aliphatic carbocycles. The highest BCUT2D eigenvalue weighted by molar-refractivity contribution is 5.94. The summed E-state index contributed by atoms with van der Waals surface area (Å²) in [7, 11) is 0. The molecule has 0 spiro atoms. The van der Waals surface area contributed by atoms with E-state index in [-0.39, 0.29) is 36.1 Å². The van der Waals surface area contributed by atoms with Crippen molar-refractivity contribution in [1.29, 1.82) is 0 Å². The number of carbonyl (C=O) groups is 2. The summed E-state index contributed by atoms with van der Waals surface area (Å²) >= 11 is 0. The molecule has 0 unspecified atom stereocenters. The molecule has 8 heteroatoms. The van der Waals surface area contributed by atoms with Crippen molar-refractivity contribution in [3.63, 3.8) is 0 Å². The van der Waals surface area contributed by atoms with Gasteiger partial charge in [0, 0.05) is 0 Å². The van der Waals surface area contributed by atoms with Crippen LogP contribution in [0.1, 0.15) is 11.1 Å². The predicted molar refractivity (Wildman–Crippen MR) is 140 cm³/mol. The molecule has 0 aliphatic heterocycles. The molecular formula is C29H26N2O6. The van der Waals surface area contributed by atoms with Gasteiger partial charge in [0.1, 0.15) is 23.0 Å². The first-order chi connectivity index (χ1) is 18.0. The number of nitrogens with one attached hydrogen (secondary N) is 2. The number of carbonyl (C=O) groups excluding carboxylic acids is 2. The summed E-state index contributed by atoms with van der Waals surface area (Å²) in [6.45, 7) is -0.377. The number of ether oxygens (including phenoxy) is 2. The molecule has 4 aromatic rings. The summed E-state index contributed by atoms with van der Waals surface area (Å²) in [6.07, 6.45) is 0.414. The summed E-state index contributed by atoms with van der Waals surface area (Å²) in [6, 6.07) is 27.8. The van der Waals surface area contributed by atoms with E-state index >= 15 is 0 Å². The average Bonchev–Trinajstić information content (AvgIpc) is 2.91. The van der Waals surface area contributed by atoms with Gasteiger partial charge in [-0.05, 0) is 66.1 Å². The Bertz CT molecular complexity index is 1250. The number of hydrogen-bond acceptors (Lipinski definition) is 6. The largest absolute Gasteiger partial charge is 0.506 e. The Morgan fingerprint density at radius 3 is 1.38 bits per heavy atom. The maximum Gasteiger partial charge on any atom is 0.262 e. The van der Waals surface area contributed by atoms with Crippen molar-refractivity contribution in [2.45, 2.75) is 6.42 Å². The third-order valence-corrected chi connectivity index (χ3v) is 5.31. The highest BCUT2D eigenvalue weighted by Gasteiger charge is 2.11. The Balaban J connectivity index is 1.29. The van der Waals surface area contributed by atoms with E-state index in [1.807, 2.05) is 36.4 Å². The van der Waals surface area contributed by atoms with Crippen LogP contribution in [-0.4, -0.2) is 35.2 Å². The van der Waals surface area contributed by atoms with Crippen LogP contribution in [0, 0.1) is 0 Å². The molecule has 0 heterocycles. The molecule has 0 saturated carbocycles. The second-order valence-electron chi connectivity index (χ2n) is 8.18. The lowest BCUT2D eigenvalue weighted by Gasteiger charge is -2.12. The van der Waals surface area contributed by atoms with E-state index in [1.165, 1.54) is 0 Å². The number of phenols is 2. The van der Waals surface area contributed by atoms with Crippen LogP contribution in [0.4, 0.5) is 11.4 Å². The number of benzene rings is 4. The molecule has 2 amide bonds. The molecule has 4 N–H and O–H groups in total. The zero-order valence-corrected chi connectivity index (χ0v) is 19.9. The number of aromatic hydroxyl groups is 2. The van der Waals surface area contributed by atoms with Crippen LogP contribution >= 0.6 is 0 Å². The quantitative estimate of drug-likeness (QED) is 0.235. The number of rotatable bonds is 10. The van der Waals surface area contributed by atoms with Gasteiger partial charge < -0.3 is 30.3 Å². The molecule has 0 atom stereocenters. The minimum Gasteiger partial charge on any atom is -0.506 e. The van der Waals surface area contributed by atoms with E-state index in [4.69, 9.17) is 9.47 Å². The number of hydrogen-bond donors (Lipinski definition) is 4. The zero-order valence-electron chi connectivity index (χ0n) is 19.9. The SMILES string of the molecule is O=C(COc1ccccc1)Nc1ccc(Cc2ccc(NC(=O)COc3ccccc3)c(O)c2)cc1O. The molecule has 188 valence electrons. The Labute approximate surface area is 214 Å². The van der Waals surface area contributed by atoms with Gasteiger partial charge in [-0.15, -0.1) is 0 Å². The summed E-state index contributed by atoms with van der Waals surface area (Å²) < 4.78 is 10.8. The predicted octanol–water partition coefficient (Wildman–Crippen LogP) is 4.72. The van der Waals surface area contributed by atoms with E-state index < -0.39 is 11.8 Å². The monoisotopic (exact) mass is 498 g/mol. The lowest BCUT2D eigenvalue weighted by molar-refractivity contribution is -0.118. The van der Waals surface area contributed by atoms with Crippen LogP contribution in [0.2, 0.25) is 0 Å². The van der Waals surface area contributed by atoms with Gasteiger partial charge in [-0.2, -0.15) is 0 Å². The Hall–Kier alpha value is -4.98. The van der Waals surface area contributed by atoms with Crippen LogP contribution in [0.3, 0.4) is 0 Å². The topological polar surface area (TPSA) is 117 Å². The van der Waals surface area contributed by atoms with E-state index in [0.717, 1.165) is 11.1 Å². The highest BCUT2D eigenvalue weighted by Crippen LogP contribution is 2.28. The van der Waals surface area contributed by atoms with Crippen molar-refractivity contribution in [2.75, 3.05) is 23.8 Å². The summed E-state index contributed by atoms with van der Waals surface area (Å²) in [5, 5.41) is 26.0. The molecule has 0 fully saturated rings. The maximum absolute atomic E-state index is 12.2. The van der Waals surface area contributed by atoms with Crippen molar-refractivity contribution in [3.8, 4) is 23.0 Å². The Morgan fingerprint density at radius 1 is 0.595 bits per heavy atom. The molecule has 0 bridgehead atoms. The second-order valence-corrected chi connectivity index (χ2v) is 8.18. The minimum atomic E-state index is -0.399. The smallest absolute Gasteiger partial charge is 0.262 e. The molecular weight excluding hydrogens is 472 g/mol. The van der Waals surface area contributed by atoms with Crippen LogP contribution in [-0.2, 0) is 16.0 Å². The van der Waals surface area contributed by atoms with Gasteiger partial charge in [0.25, 0.3) is 11.8 Å². The third-order valence-electron chi connectivity index (χ3n) is 5.31. The van der Waals surface area contributed by atoms with E-state index in [2.05, 4.69) is 10.6 Å². The van der Waals surface area contributed by atoms with Crippen molar-refractivity contribution in [3.05, 3.63) is 108 Å². The molecule has 37 heavy (non-hydrogen) atoms. The fraction of sp³-hybridized carbons (Fsp3) is 0.103. The van der Waals surface area contributed by atoms with Gasteiger partial charge in [0.05, 0.1) is 11.4 Å². The van der Waals surface area contributed by atoms with Crippen LogP contribution in [0.15, 0.2) is 97.1 Å². The lowest BCUT2D eigenvalue weighted by Crippen LogP contribution is -2.20. The fourth-order valence-electron chi connectivity index (χ4n) is 3.53. The third kappa shape index (κ3) is 7.50. The molecule has 0 radical (unpaired) electrons. The Morgan fingerprint density at radius 2 is 1.00 bits per heavy atom. The van der Waals surface area contributed by atoms with E-state index in [9.17, 15) is 19.8 Å². The van der Waals surface area contributed by atoms with Gasteiger partial charge in [0.2, 0.25) is 0 Å². The first-order valence-corrected chi connectivity index (χ1v) is 11.6. The highest BCUT2D eigenvalue weighted by atomic mass is 16.5.